The fourth-order valence-corrected chi connectivity index (χ4v) is 6.62. The first-order valence-corrected chi connectivity index (χ1v) is 14.1. The van der Waals surface area contributed by atoms with Gasteiger partial charge >= 0.3 is 6.01 Å². The van der Waals surface area contributed by atoms with Crippen LogP contribution in [0.5, 0.6) is 6.01 Å². The zero-order valence-electron chi connectivity index (χ0n) is 21.8. The van der Waals surface area contributed by atoms with Gasteiger partial charge in [0.2, 0.25) is 0 Å². The highest BCUT2D eigenvalue weighted by molar-refractivity contribution is 6.34. The van der Waals surface area contributed by atoms with E-state index >= 15 is 4.39 Å². The Morgan fingerprint density at radius 3 is 2.64 bits per heavy atom. The number of rotatable bonds is 6. The van der Waals surface area contributed by atoms with E-state index in [2.05, 4.69) is 37.3 Å². The lowest BCUT2D eigenvalue weighted by atomic mass is 9.99. The summed E-state index contributed by atoms with van der Waals surface area (Å²) in [4.78, 5) is 14.0. The first-order valence-electron chi connectivity index (χ1n) is 13.7. The summed E-state index contributed by atoms with van der Waals surface area (Å²) in [5, 5.41) is 11.6. The van der Waals surface area contributed by atoms with E-state index in [0.29, 0.717) is 52.1 Å². The molecule has 2 aromatic carbocycles. The van der Waals surface area contributed by atoms with E-state index in [1.165, 1.54) is 0 Å². The van der Waals surface area contributed by atoms with Crippen LogP contribution >= 0.6 is 11.6 Å². The average molecular weight is 548 g/mol. The number of piperazine rings is 1. The molecule has 10 heteroatoms. The molecule has 3 aliphatic heterocycles. The van der Waals surface area contributed by atoms with Crippen molar-refractivity contribution >= 4 is 28.3 Å². The van der Waals surface area contributed by atoms with Gasteiger partial charge in [-0.1, -0.05) is 29.8 Å². The maximum Gasteiger partial charge on any atom is 0.319 e. The lowest BCUT2D eigenvalue weighted by Crippen LogP contribution is -2.51. The van der Waals surface area contributed by atoms with Crippen molar-refractivity contribution in [2.75, 3.05) is 38.2 Å². The van der Waals surface area contributed by atoms with Crippen LogP contribution < -0.4 is 15.0 Å². The van der Waals surface area contributed by atoms with Gasteiger partial charge in [-0.2, -0.15) is 15.1 Å². The number of benzene rings is 2. The van der Waals surface area contributed by atoms with Crippen molar-refractivity contribution in [3.8, 4) is 28.4 Å². The number of hydrogen-bond donors (Lipinski definition) is 2. The van der Waals surface area contributed by atoms with E-state index in [1.807, 2.05) is 36.4 Å². The minimum atomic E-state index is -0.469. The molecule has 2 unspecified atom stereocenters. The van der Waals surface area contributed by atoms with Gasteiger partial charge in [0.15, 0.2) is 5.82 Å². The summed E-state index contributed by atoms with van der Waals surface area (Å²) in [5.41, 5.74) is 2.95. The van der Waals surface area contributed by atoms with Gasteiger partial charge in [0.05, 0.1) is 10.7 Å². The molecule has 8 nitrogen and oxygen atoms in total. The number of likely N-dealkylation sites (tertiary alicyclic amines) is 1. The number of nitrogens with zero attached hydrogens (tertiary/aromatic N) is 5. The highest BCUT2D eigenvalue weighted by atomic mass is 35.5. The smallest absolute Gasteiger partial charge is 0.319 e. The second-order valence-corrected chi connectivity index (χ2v) is 11.4. The molecule has 0 amide bonds. The SMILES string of the molecule is CN1CCC[C@H]1COc1nc(N2CC3CCC(C2)N3)c2cc(Cl)c(-c3cccc(-c4ccn[nH]4)c3)c(F)c2n1. The monoisotopic (exact) mass is 547 g/mol. The molecule has 0 spiro atoms. The van der Waals surface area contributed by atoms with Crippen molar-refractivity contribution < 1.29 is 9.13 Å². The highest BCUT2D eigenvalue weighted by Gasteiger charge is 2.34. The number of halogens is 2. The molecule has 3 aliphatic rings. The van der Waals surface area contributed by atoms with Gasteiger partial charge in [0.25, 0.3) is 0 Å². The van der Waals surface area contributed by atoms with Crippen LogP contribution in [-0.2, 0) is 0 Å². The molecule has 4 aromatic rings. The number of fused-ring (bicyclic) bond motifs is 3. The minimum Gasteiger partial charge on any atom is -0.462 e. The van der Waals surface area contributed by atoms with E-state index < -0.39 is 5.82 Å². The first kappa shape index (κ1) is 24.7. The molecule has 7 rings (SSSR count). The Morgan fingerprint density at radius 2 is 1.90 bits per heavy atom. The molecular weight excluding hydrogens is 517 g/mol. The van der Waals surface area contributed by atoms with Gasteiger partial charge in [0, 0.05) is 53.9 Å². The fraction of sp³-hybridized carbons (Fsp3) is 0.414. The molecule has 0 saturated carbocycles. The maximum atomic E-state index is 16.5. The van der Waals surface area contributed by atoms with Crippen molar-refractivity contribution in [1.82, 2.24) is 30.4 Å². The zero-order valence-corrected chi connectivity index (χ0v) is 22.6. The standard InChI is InChI=1S/C29H31ClFN7O/c1-37-11-3-6-21(37)16-39-29-34-27-22(28(35-29)38-14-19-7-8-20(15-38)33-19)13-23(30)25(26(27)31)18-5-2-4-17(12-18)24-9-10-32-36-24/h2,4-5,9-10,12-13,19-21,33H,3,6-8,11,14-16H2,1H3,(H,32,36)/t19?,20?,21-/m0/s1. The van der Waals surface area contributed by atoms with E-state index in [4.69, 9.17) is 21.3 Å². The molecule has 2 N–H and O–H groups in total. The van der Waals surface area contributed by atoms with Crippen LogP contribution in [0.1, 0.15) is 25.7 Å². The topological polar surface area (TPSA) is 82.2 Å². The van der Waals surface area contributed by atoms with E-state index in [0.717, 1.165) is 56.6 Å². The number of likely N-dealkylation sites (N-methyl/N-ethyl adjacent to an activating group) is 1. The van der Waals surface area contributed by atoms with Gasteiger partial charge in [0.1, 0.15) is 17.9 Å². The van der Waals surface area contributed by atoms with Crippen molar-refractivity contribution in [3.63, 3.8) is 0 Å². The summed E-state index contributed by atoms with van der Waals surface area (Å²) in [6.07, 6.45) is 6.17. The maximum absolute atomic E-state index is 16.5. The van der Waals surface area contributed by atoms with Gasteiger partial charge in [-0.3, -0.25) is 5.10 Å². The predicted octanol–water partition coefficient (Wildman–Crippen LogP) is 4.89. The molecule has 3 saturated heterocycles. The summed E-state index contributed by atoms with van der Waals surface area (Å²) in [7, 11) is 2.11. The van der Waals surface area contributed by atoms with Crippen molar-refractivity contribution in [2.24, 2.45) is 0 Å². The van der Waals surface area contributed by atoms with Crippen LogP contribution in [0.2, 0.25) is 5.02 Å². The quantitative estimate of drug-likeness (QED) is 0.355. The van der Waals surface area contributed by atoms with Crippen molar-refractivity contribution in [3.05, 3.63) is 53.4 Å². The Labute approximate surface area is 231 Å². The number of hydrogen-bond acceptors (Lipinski definition) is 7. The lowest BCUT2D eigenvalue weighted by Gasteiger charge is -2.34. The molecule has 2 aromatic heterocycles. The number of anilines is 1. The number of H-pyrrole nitrogens is 1. The van der Waals surface area contributed by atoms with Gasteiger partial charge in [-0.15, -0.1) is 0 Å². The van der Waals surface area contributed by atoms with Crippen LogP contribution in [0.15, 0.2) is 42.6 Å². The van der Waals surface area contributed by atoms with Crippen molar-refractivity contribution in [2.45, 2.75) is 43.8 Å². The van der Waals surface area contributed by atoms with Crippen molar-refractivity contribution in [1.29, 1.82) is 0 Å². The van der Waals surface area contributed by atoms with E-state index in [-0.39, 0.29) is 11.5 Å². The number of ether oxygens (including phenoxy) is 1. The largest absolute Gasteiger partial charge is 0.462 e. The third kappa shape index (κ3) is 4.62. The molecule has 3 fully saturated rings. The minimum absolute atomic E-state index is 0.210. The Morgan fingerprint density at radius 1 is 1.08 bits per heavy atom. The fourth-order valence-electron chi connectivity index (χ4n) is 6.32. The summed E-state index contributed by atoms with van der Waals surface area (Å²) < 4.78 is 22.6. The van der Waals surface area contributed by atoms with Gasteiger partial charge in [-0.25, -0.2) is 4.39 Å². The summed E-state index contributed by atoms with van der Waals surface area (Å²) in [5.74, 6) is 0.218. The van der Waals surface area contributed by atoms with E-state index in [9.17, 15) is 0 Å². The Bertz CT molecular complexity index is 1500. The normalized spacial score (nSPS) is 23.2. The molecule has 202 valence electrons. The molecule has 39 heavy (non-hydrogen) atoms. The molecule has 0 aliphatic carbocycles. The molecular formula is C29H31ClFN7O. The molecule has 0 radical (unpaired) electrons. The number of aromatic amines is 1. The summed E-state index contributed by atoms with van der Waals surface area (Å²) >= 11 is 6.82. The number of aromatic nitrogens is 4. The number of nitrogens with one attached hydrogen (secondary N) is 2. The predicted molar refractivity (Wildman–Crippen MR) is 151 cm³/mol. The van der Waals surface area contributed by atoms with E-state index in [1.54, 1.807) is 6.20 Å². The second kappa shape index (κ2) is 10.0. The lowest BCUT2D eigenvalue weighted by molar-refractivity contribution is 0.188. The summed E-state index contributed by atoms with van der Waals surface area (Å²) in [6.45, 7) is 3.14. The van der Waals surface area contributed by atoms with Gasteiger partial charge in [-0.05, 0) is 63.0 Å². The Hall–Kier alpha value is -3.27. The zero-order chi connectivity index (χ0) is 26.5. The van der Waals surface area contributed by atoms with Crippen LogP contribution in [-0.4, -0.2) is 76.5 Å². The van der Waals surface area contributed by atoms with Gasteiger partial charge < -0.3 is 19.9 Å². The Kier molecular flexibility index (Phi) is 6.37. The molecule has 5 heterocycles. The first-order chi connectivity index (χ1) is 19.0. The molecule has 3 atom stereocenters. The van der Waals surface area contributed by atoms with Crippen LogP contribution in [0.3, 0.4) is 0 Å². The third-order valence-corrected chi connectivity index (χ3v) is 8.70. The second-order valence-electron chi connectivity index (χ2n) is 11.0. The van der Waals surface area contributed by atoms with Crippen LogP contribution in [0.25, 0.3) is 33.3 Å². The highest BCUT2D eigenvalue weighted by Crippen LogP contribution is 2.40. The van der Waals surface area contributed by atoms with Crippen LogP contribution in [0.4, 0.5) is 10.2 Å². The molecule has 2 bridgehead atoms. The summed E-state index contributed by atoms with van der Waals surface area (Å²) in [6, 6.07) is 12.6. The van der Waals surface area contributed by atoms with Crippen LogP contribution in [0, 0.1) is 5.82 Å². The Balaban J connectivity index is 1.33. The third-order valence-electron chi connectivity index (χ3n) is 8.40. The average Bonchev–Trinajstić information content (AvgIpc) is 3.69.